The summed E-state index contributed by atoms with van der Waals surface area (Å²) in [6.07, 6.45) is 0.523. The largest absolute Gasteiger partial charge is 0.330 e. The van der Waals surface area contributed by atoms with Gasteiger partial charge in [0.15, 0.2) is 0 Å². The van der Waals surface area contributed by atoms with Crippen molar-refractivity contribution in [2.45, 2.75) is 13.3 Å². The Morgan fingerprint density at radius 3 is 2.36 bits per heavy atom. The van der Waals surface area contributed by atoms with Crippen molar-refractivity contribution in [2.24, 2.45) is 5.73 Å². The maximum atomic E-state index is 10.8. The van der Waals surface area contributed by atoms with Crippen LogP contribution in [-0.2, 0) is 10.0 Å². The Morgan fingerprint density at radius 1 is 1.45 bits per heavy atom. The average molecular weight is 203 g/mol. The van der Waals surface area contributed by atoms with Crippen LogP contribution in [0.1, 0.15) is 13.3 Å². The minimum absolute atomic E-state index is 0. The first kappa shape index (κ1) is 13.7. The van der Waals surface area contributed by atoms with Gasteiger partial charge in [0.25, 0.3) is 0 Å². The molecule has 6 heteroatoms. The van der Waals surface area contributed by atoms with Gasteiger partial charge in [-0.25, -0.2) is 13.1 Å². The van der Waals surface area contributed by atoms with Gasteiger partial charge in [-0.2, -0.15) is 0 Å². The van der Waals surface area contributed by atoms with Gasteiger partial charge in [0.1, 0.15) is 0 Å². The molecule has 3 N–H and O–H groups in total. The Morgan fingerprint density at radius 2 is 2.00 bits per heavy atom. The maximum absolute atomic E-state index is 10.8. The second kappa shape index (κ2) is 6.84. The summed E-state index contributed by atoms with van der Waals surface area (Å²) in [5.74, 6) is 0.136. The highest BCUT2D eigenvalue weighted by atomic mass is 35.5. The predicted molar refractivity (Wildman–Crippen MR) is 48.4 cm³/mol. The summed E-state index contributed by atoms with van der Waals surface area (Å²) in [6.45, 7) is 2.62. The lowest BCUT2D eigenvalue weighted by Gasteiger charge is -2.01. The summed E-state index contributed by atoms with van der Waals surface area (Å²) < 4.78 is 24.0. The molecule has 0 aliphatic heterocycles. The number of sulfonamides is 1. The van der Waals surface area contributed by atoms with Crippen LogP contribution in [0.15, 0.2) is 0 Å². The molecule has 0 saturated carbocycles. The van der Waals surface area contributed by atoms with Gasteiger partial charge >= 0.3 is 0 Å². The van der Waals surface area contributed by atoms with E-state index in [0.717, 1.165) is 0 Å². The molecule has 70 valence electrons. The fraction of sp³-hybridized carbons (Fsp3) is 1.00. The van der Waals surface area contributed by atoms with Crippen molar-refractivity contribution >= 4 is 22.4 Å². The summed E-state index contributed by atoms with van der Waals surface area (Å²) in [5, 5.41) is 0. The third-order valence-electron chi connectivity index (χ3n) is 0.981. The van der Waals surface area contributed by atoms with Crippen molar-refractivity contribution in [3.63, 3.8) is 0 Å². The molecule has 11 heavy (non-hydrogen) atoms. The molecule has 0 radical (unpaired) electrons. The van der Waals surface area contributed by atoms with E-state index in [9.17, 15) is 8.42 Å². The van der Waals surface area contributed by atoms with Crippen LogP contribution < -0.4 is 10.5 Å². The SMILES string of the molecule is CCNS(=O)(=O)CCCN.Cl. The Hall–Kier alpha value is 0.160. The highest BCUT2D eigenvalue weighted by molar-refractivity contribution is 7.89. The Kier molecular flexibility index (Phi) is 8.54. The molecule has 0 aliphatic carbocycles. The lowest BCUT2D eigenvalue weighted by atomic mass is 10.5. The first-order valence-electron chi connectivity index (χ1n) is 3.30. The number of hydrogen-bond donors (Lipinski definition) is 2. The standard InChI is InChI=1S/C5H14N2O2S.ClH/c1-2-7-10(8,9)5-3-4-6;/h7H,2-6H2,1H3;1H. The molecule has 0 heterocycles. The Labute approximate surface area is 74.0 Å². The molecule has 0 aromatic carbocycles. The van der Waals surface area contributed by atoms with Crippen LogP contribution in [0.2, 0.25) is 0 Å². The highest BCUT2D eigenvalue weighted by Crippen LogP contribution is 1.85. The summed E-state index contributed by atoms with van der Waals surface area (Å²) in [5.41, 5.74) is 5.14. The van der Waals surface area contributed by atoms with E-state index in [2.05, 4.69) is 4.72 Å². The van der Waals surface area contributed by atoms with Gasteiger partial charge in [0.05, 0.1) is 5.75 Å². The van der Waals surface area contributed by atoms with Crippen LogP contribution in [0.25, 0.3) is 0 Å². The van der Waals surface area contributed by atoms with Gasteiger partial charge in [-0.15, -0.1) is 12.4 Å². The second-order valence-corrected chi connectivity index (χ2v) is 3.89. The minimum atomic E-state index is -3.02. The molecular weight excluding hydrogens is 188 g/mol. The number of nitrogens with two attached hydrogens (primary N) is 1. The number of nitrogens with one attached hydrogen (secondary N) is 1. The number of hydrogen-bond acceptors (Lipinski definition) is 3. The van der Waals surface area contributed by atoms with Crippen molar-refractivity contribution in [1.82, 2.24) is 4.72 Å². The first-order chi connectivity index (χ1) is 4.62. The van der Waals surface area contributed by atoms with Gasteiger partial charge in [0.2, 0.25) is 10.0 Å². The summed E-state index contributed by atoms with van der Waals surface area (Å²) in [4.78, 5) is 0. The van der Waals surface area contributed by atoms with Gasteiger partial charge in [-0.1, -0.05) is 6.92 Å². The molecule has 0 unspecified atom stereocenters. The summed E-state index contributed by atoms with van der Waals surface area (Å²) >= 11 is 0. The topological polar surface area (TPSA) is 72.2 Å². The average Bonchev–Trinajstić information content (AvgIpc) is 1.84. The van der Waals surface area contributed by atoms with E-state index in [1.54, 1.807) is 6.92 Å². The van der Waals surface area contributed by atoms with Gasteiger partial charge in [-0.05, 0) is 13.0 Å². The maximum Gasteiger partial charge on any atom is 0.211 e. The zero-order valence-corrected chi connectivity index (χ0v) is 8.17. The van der Waals surface area contributed by atoms with Crippen LogP contribution in [-0.4, -0.2) is 27.3 Å². The molecule has 0 amide bonds. The van der Waals surface area contributed by atoms with E-state index in [-0.39, 0.29) is 18.2 Å². The predicted octanol–water partition coefficient (Wildman–Crippen LogP) is -0.304. The van der Waals surface area contributed by atoms with Crippen LogP contribution in [0, 0.1) is 0 Å². The molecule has 0 aromatic heterocycles. The fourth-order valence-corrected chi connectivity index (χ4v) is 1.70. The van der Waals surface area contributed by atoms with Crippen molar-refractivity contribution in [1.29, 1.82) is 0 Å². The lowest BCUT2D eigenvalue weighted by Crippen LogP contribution is -2.26. The normalized spacial score (nSPS) is 10.7. The van der Waals surface area contributed by atoms with Crippen LogP contribution in [0.3, 0.4) is 0 Å². The fourth-order valence-electron chi connectivity index (χ4n) is 0.565. The van der Waals surface area contributed by atoms with E-state index >= 15 is 0 Å². The molecule has 4 nitrogen and oxygen atoms in total. The molecule has 0 aromatic rings. The molecule has 0 bridgehead atoms. The zero-order chi connectivity index (χ0) is 8.04. The van der Waals surface area contributed by atoms with E-state index in [0.29, 0.717) is 19.5 Å². The second-order valence-electron chi connectivity index (χ2n) is 1.96. The quantitative estimate of drug-likeness (QED) is 0.643. The van der Waals surface area contributed by atoms with Crippen molar-refractivity contribution < 1.29 is 8.42 Å². The van der Waals surface area contributed by atoms with Crippen molar-refractivity contribution in [3.8, 4) is 0 Å². The number of rotatable bonds is 5. The van der Waals surface area contributed by atoms with Crippen molar-refractivity contribution in [2.75, 3.05) is 18.8 Å². The van der Waals surface area contributed by atoms with Gasteiger partial charge in [-0.3, -0.25) is 0 Å². The minimum Gasteiger partial charge on any atom is -0.330 e. The third kappa shape index (κ3) is 8.06. The van der Waals surface area contributed by atoms with E-state index in [4.69, 9.17) is 5.73 Å². The molecule has 0 saturated heterocycles. The Balaban J connectivity index is 0. The smallest absolute Gasteiger partial charge is 0.211 e. The van der Waals surface area contributed by atoms with Crippen molar-refractivity contribution in [3.05, 3.63) is 0 Å². The highest BCUT2D eigenvalue weighted by Gasteiger charge is 2.05. The Bertz CT molecular complexity index is 169. The molecule has 0 spiro atoms. The van der Waals surface area contributed by atoms with E-state index in [1.165, 1.54) is 0 Å². The monoisotopic (exact) mass is 202 g/mol. The van der Waals surface area contributed by atoms with E-state index in [1.807, 2.05) is 0 Å². The van der Waals surface area contributed by atoms with Gasteiger partial charge in [0, 0.05) is 6.54 Å². The van der Waals surface area contributed by atoms with Gasteiger partial charge < -0.3 is 5.73 Å². The molecule has 0 fully saturated rings. The molecule has 0 atom stereocenters. The van der Waals surface area contributed by atoms with Crippen LogP contribution in [0.4, 0.5) is 0 Å². The zero-order valence-electron chi connectivity index (χ0n) is 6.54. The molecular formula is C5H15ClN2O2S. The molecule has 0 aliphatic rings. The third-order valence-corrected chi connectivity index (χ3v) is 2.54. The lowest BCUT2D eigenvalue weighted by molar-refractivity contribution is 0.581. The summed E-state index contributed by atoms with van der Waals surface area (Å²) in [6, 6.07) is 0. The first-order valence-corrected chi connectivity index (χ1v) is 4.95. The van der Waals surface area contributed by atoms with Crippen LogP contribution in [0.5, 0.6) is 0 Å². The number of halogens is 1. The van der Waals surface area contributed by atoms with E-state index < -0.39 is 10.0 Å². The summed E-state index contributed by atoms with van der Waals surface area (Å²) in [7, 11) is -3.02. The van der Waals surface area contributed by atoms with Crippen LogP contribution >= 0.6 is 12.4 Å². The molecule has 0 rings (SSSR count).